The molecule has 1 amide bonds. The maximum Gasteiger partial charge on any atom is 0.435 e. The van der Waals surface area contributed by atoms with E-state index in [1.165, 1.54) is 11.0 Å². The van der Waals surface area contributed by atoms with Gasteiger partial charge in [0.15, 0.2) is 9.84 Å². The van der Waals surface area contributed by atoms with Crippen LogP contribution in [0.5, 0.6) is 0 Å². The van der Waals surface area contributed by atoms with Gasteiger partial charge in [-0.15, -0.1) is 0 Å². The molecule has 1 heterocycles. The van der Waals surface area contributed by atoms with E-state index in [1.807, 2.05) is 0 Å². The van der Waals surface area contributed by atoms with Crippen molar-refractivity contribution in [2.45, 2.75) is 85.6 Å². The maximum absolute atomic E-state index is 15.0. The molecule has 2 unspecified atom stereocenters. The number of carbonyl (C=O) groups excluding carboxylic acids is 1. The number of aryl methyl sites for hydroxylation is 1. The lowest BCUT2D eigenvalue weighted by Crippen LogP contribution is -2.56. The molecule has 0 bridgehead atoms. The summed E-state index contributed by atoms with van der Waals surface area (Å²) in [6, 6.07) is 4.73. The minimum atomic E-state index is -6.34. The molecule has 6 rings (SSSR count). The van der Waals surface area contributed by atoms with Crippen LogP contribution in [-0.2, 0) is 31.5 Å². The van der Waals surface area contributed by atoms with E-state index in [0.29, 0.717) is 30.9 Å². The van der Waals surface area contributed by atoms with Crippen LogP contribution >= 0.6 is 0 Å². The second-order valence-electron chi connectivity index (χ2n) is 12.8. The van der Waals surface area contributed by atoms with Gasteiger partial charge in [-0.25, -0.2) is 17.2 Å². The average Bonchev–Trinajstić information content (AvgIpc) is 3.29. The largest absolute Gasteiger partial charge is 0.435 e. The monoisotopic (exact) mass is 635 g/mol. The van der Waals surface area contributed by atoms with Gasteiger partial charge in [0, 0.05) is 18.0 Å². The minimum Gasteiger partial charge on any atom is -0.337 e. The molecule has 1 saturated heterocycles. The number of hydrogen-bond donors (Lipinski definition) is 0. The third kappa shape index (κ3) is 4.19. The van der Waals surface area contributed by atoms with Gasteiger partial charge < -0.3 is 4.90 Å². The van der Waals surface area contributed by atoms with Crippen LogP contribution in [0.15, 0.2) is 47.4 Å². The van der Waals surface area contributed by atoms with Crippen molar-refractivity contribution >= 4 is 15.7 Å². The normalized spacial score (nSPS) is 30.8. The first-order valence-corrected chi connectivity index (χ1v) is 15.6. The lowest BCUT2D eigenvalue weighted by molar-refractivity contribution is -0.348. The molecule has 2 saturated carbocycles. The molecule has 1 aliphatic heterocycles. The maximum atomic E-state index is 15.0. The van der Waals surface area contributed by atoms with Crippen molar-refractivity contribution in [3.63, 3.8) is 0 Å². The van der Waals surface area contributed by atoms with E-state index in [1.54, 1.807) is 0 Å². The number of nitrogens with zero attached hydrogens (tertiary/aromatic N) is 1. The number of carbonyl (C=O) groups is 1. The number of hydrogen-bond acceptors (Lipinski definition) is 3. The number of fused-ring (bicyclic) bond motifs is 3. The first kappa shape index (κ1) is 30.3. The van der Waals surface area contributed by atoms with Crippen molar-refractivity contribution in [3.05, 3.63) is 65.0 Å². The molecule has 3 aliphatic carbocycles. The third-order valence-electron chi connectivity index (χ3n) is 10.2. The first-order chi connectivity index (χ1) is 19.9. The Kier molecular flexibility index (Phi) is 6.63. The molecule has 1 spiro atoms. The van der Waals surface area contributed by atoms with E-state index < -0.39 is 54.9 Å². The van der Waals surface area contributed by atoms with Gasteiger partial charge in [-0.1, -0.05) is 31.2 Å². The number of alkyl halides is 7. The molecular formula is C30H29F8NO3S. The van der Waals surface area contributed by atoms with Crippen LogP contribution in [0.25, 0.3) is 0 Å². The predicted octanol–water partition coefficient (Wildman–Crippen LogP) is 7.16. The summed E-state index contributed by atoms with van der Waals surface area (Å²) in [5.74, 6) is -0.832. The Hall–Kier alpha value is -2.70. The molecule has 2 atom stereocenters. The molecule has 234 valence electrons. The van der Waals surface area contributed by atoms with Crippen molar-refractivity contribution in [1.29, 1.82) is 0 Å². The van der Waals surface area contributed by atoms with E-state index in [9.17, 15) is 48.3 Å². The molecule has 2 aromatic rings. The molecule has 4 nitrogen and oxygen atoms in total. The van der Waals surface area contributed by atoms with E-state index in [0.717, 1.165) is 37.1 Å². The fourth-order valence-electron chi connectivity index (χ4n) is 8.48. The van der Waals surface area contributed by atoms with Crippen molar-refractivity contribution in [2.75, 3.05) is 6.54 Å². The van der Waals surface area contributed by atoms with Gasteiger partial charge in [0.1, 0.15) is 10.6 Å². The highest BCUT2D eigenvalue weighted by Gasteiger charge is 2.74. The summed E-state index contributed by atoms with van der Waals surface area (Å²) in [6.45, 7) is 2.12. The van der Waals surface area contributed by atoms with Gasteiger partial charge in [0.25, 0.3) is 0 Å². The zero-order valence-corrected chi connectivity index (χ0v) is 23.9. The van der Waals surface area contributed by atoms with Crippen LogP contribution in [0.3, 0.4) is 0 Å². The minimum absolute atomic E-state index is 0.0166. The van der Waals surface area contributed by atoms with E-state index in [4.69, 9.17) is 0 Å². The number of rotatable bonds is 4. The van der Waals surface area contributed by atoms with Gasteiger partial charge in [-0.2, -0.15) is 26.3 Å². The summed E-state index contributed by atoms with van der Waals surface area (Å²) in [4.78, 5) is 14.8. The van der Waals surface area contributed by atoms with Gasteiger partial charge in [-0.3, -0.25) is 4.79 Å². The fourth-order valence-corrected chi connectivity index (χ4v) is 10.9. The number of amides is 1. The lowest BCUT2D eigenvalue weighted by atomic mass is 9.48. The smallest absolute Gasteiger partial charge is 0.337 e. The van der Waals surface area contributed by atoms with Crippen molar-refractivity contribution in [3.8, 4) is 0 Å². The van der Waals surface area contributed by atoms with Crippen molar-refractivity contribution in [1.82, 2.24) is 4.90 Å². The first-order valence-electron chi connectivity index (χ1n) is 14.1. The summed E-state index contributed by atoms with van der Waals surface area (Å²) < 4.78 is 137. The summed E-state index contributed by atoms with van der Waals surface area (Å²) in [6.07, 6.45) is -9.78. The molecule has 13 heteroatoms. The van der Waals surface area contributed by atoms with Crippen LogP contribution < -0.4 is 0 Å². The predicted molar refractivity (Wildman–Crippen MR) is 139 cm³/mol. The van der Waals surface area contributed by atoms with E-state index >= 15 is 0 Å². The van der Waals surface area contributed by atoms with Gasteiger partial charge in [0.05, 0.1) is 10.9 Å². The molecule has 4 aliphatic rings. The second-order valence-corrected chi connectivity index (χ2v) is 15.0. The van der Waals surface area contributed by atoms with Crippen LogP contribution in [0.2, 0.25) is 0 Å². The Balaban J connectivity index is 1.45. The van der Waals surface area contributed by atoms with Crippen molar-refractivity contribution < 1.29 is 48.3 Å². The summed E-state index contributed by atoms with van der Waals surface area (Å²) in [7, 11) is -4.58. The van der Waals surface area contributed by atoms with E-state index in [2.05, 4.69) is 6.92 Å². The Bertz CT molecular complexity index is 1560. The molecule has 43 heavy (non-hydrogen) atoms. The average molecular weight is 636 g/mol. The lowest BCUT2D eigenvalue weighted by Gasteiger charge is -2.57. The Morgan fingerprint density at radius 1 is 0.930 bits per heavy atom. The molecule has 0 radical (unpaired) electrons. The standard InChI is InChI=1S/C30H29F8NO3S/c1-17-13-26(14-17)15-19(16-26)25(40)39-10-9-27(43(41,42)22-4-2-3-21(31)12-22)23-7-6-20(11-18(23)5-8-24(27)39)28(32,29(33,34)35)30(36,37)38/h2-4,6-7,11-12,17,19,24H,5,8-10,13-16H2,1H3. The Morgan fingerprint density at radius 3 is 2.16 bits per heavy atom. The zero-order chi connectivity index (χ0) is 31.4. The number of benzene rings is 2. The van der Waals surface area contributed by atoms with Crippen LogP contribution in [0, 0.1) is 23.1 Å². The second kappa shape index (κ2) is 9.40. The molecule has 0 aromatic heterocycles. The number of likely N-dealkylation sites (tertiary alicyclic amines) is 1. The molecule has 3 fully saturated rings. The SMILES string of the molecule is CC1CC2(C1)CC(C(=O)N1CCC3(S(=O)(=O)c4cccc(F)c4)c4ccc(C(F)(C(F)(F)F)C(F)(F)F)cc4CCC13)C2. The molecule has 0 N–H and O–H groups in total. The topological polar surface area (TPSA) is 54.5 Å². The van der Waals surface area contributed by atoms with Crippen LogP contribution in [0.1, 0.15) is 62.1 Å². The fraction of sp³-hybridized carbons (Fsp3) is 0.567. The highest BCUT2D eigenvalue weighted by Crippen LogP contribution is 2.62. The quantitative estimate of drug-likeness (QED) is 0.335. The van der Waals surface area contributed by atoms with Crippen molar-refractivity contribution in [2.24, 2.45) is 17.3 Å². The van der Waals surface area contributed by atoms with E-state index in [-0.39, 0.29) is 54.2 Å². The van der Waals surface area contributed by atoms with Crippen LogP contribution in [0.4, 0.5) is 35.1 Å². The highest BCUT2D eigenvalue weighted by atomic mass is 32.2. The summed E-state index contributed by atoms with van der Waals surface area (Å²) in [5, 5.41) is 0. The van der Waals surface area contributed by atoms with Gasteiger partial charge in [-0.05, 0) is 85.6 Å². The highest BCUT2D eigenvalue weighted by molar-refractivity contribution is 7.92. The molecular weight excluding hydrogens is 606 g/mol. The van der Waals surface area contributed by atoms with Crippen LogP contribution in [-0.4, -0.2) is 44.2 Å². The molecule has 2 aromatic carbocycles. The third-order valence-corrected chi connectivity index (χ3v) is 12.7. The number of sulfone groups is 1. The zero-order valence-electron chi connectivity index (χ0n) is 23.0. The summed E-state index contributed by atoms with van der Waals surface area (Å²) >= 11 is 0. The van der Waals surface area contributed by atoms with Gasteiger partial charge in [0.2, 0.25) is 5.91 Å². The Labute approximate surface area is 243 Å². The Morgan fingerprint density at radius 2 is 1.58 bits per heavy atom. The van der Waals surface area contributed by atoms with Gasteiger partial charge >= 0.3 is 18.0 Å². The number of halogens is 8. The summed E-state index contributed by atoms with van der Waals surface area (Å²) in [5.41, 5.74) is -7.56.